The lowest BCUT2D eigenvalue weighted by molar-refractivity contribution is -0.131. The number of sulfonamides is 1. The van der Waals surface area contributed by atoms with Gasteiger partial charge >= 0.3 is 6.03 Å². The Morgan fingerprint density at radius 2 is 1.76 bits per heavy atom. The molecule has 1 saturated carbocycles. The first-order valence-electron chi connectivity index (χ1n) is 12.3. The second-order valence-electron chi connectivity index (χ2n) is 9.39. The first kappa shape index (κ1) is 28.1. The SMILES string of the molecule is COc1ccc(NC(=O)N2CCCN(S(=O)(=O)c3ccc(F)c(Cl)c3)C2C(=O)NC2CCC(N)CC2)cc1. The Hall–Kier alpha value is -2.93. The Kier molecular flexibility index (Phi) is 8.76. The molecule has 0 aromatic heterocycles. The van der Waals surface area contributed by atoms with Crippen molar-refractivity contribution in [3.63, 3.8) is 0 Å². The Balaban J connectivity index is 1.64. The van der Waals surface area contributed by atoms with Crippen molar-refractivity contribution < 1.29 is 27.1 Å². The van der Waals surface area contributed by atoms with Crippen LogP contribution in [0.15, 0.2) is 47.4 Å². The van der Waals surface area contributed by atoms with E-state index in [1.165, 1.54) is 12.0 Å². The molecule has 2 fully saturated rings. The van der Waals surface area contributed by atoms with Gasteiger partial charge in [0.25, 0.3) is 5.91 Å². The monoisotopic (exact) mass is 567 g/mol. The summed E-state index contributed by atoms with van der Waals surface area (Å²) >= 11 is 5.86. The molecule has 3 amide bonds. The van der Waals surface area contributed by atoms with Crippen LogP contribution in [0.25, 0.3) is 0 Å². The van der Waals surface area contributed by atoms with Crippen LogP contribution in [0, 0.1) is 5.82 Å². The summed E-state index contributed by atoms with van der Waals surface area (Å²) in [5.74, 6) is -0.790. The summed E-state index contributed by atoms with van der Waals surface area (Å²) in [5.41, 5.74) is 6.43. The van der Waals surface area contributed by atoms with Crippen molar-refractivity contribution in [3.05, 3.63) is 53.3 Å². The molecular weight excluding hydrogens is 537 g/mol. The topological polar surface area (TPSA) is 134 Å². The van der Waals surface area contributed by atoms with E-state index < -0.39 is 33.9 Å². The third-order valence-corrected chi connectivity index (χ3v) is 8.94. The number of methoxy groups -OCH3 is 1. The second kappa shape index (κ2) is 11.9. The van der Waals surface area contributed by atoms with Gasteiger partial charge in [-0.25, -0.2) is 17.6 Å². The number of carbonyl (C=O) groups is 2. The van der Waals surface area contributed by atoms with Crippen LogP contribution in [-0.2, 0) is 14.8 Å². The lowest BCUT2D eigenvalue weighted by Crippen LogP contribution is -2.65. The largest absolute Gasteiger partial charge is 0.497 e. The summed E-state index contributed by atoms with van der Waals surface area (Å²) in [5, 5.41) is 5.29. The predicted octanol–water partition coefficient (Wildman–Crippen LogP) is 3.13. The zero-order valence-corrected chi connectivity index (χ0v) is 22.5. The Morgan fingerprint density at radius 3 is 2.39 bits per heavy atom. The van der Waals surface area contributed by atoms with Gasteiger partial charge in [-0.15, -0.1) is 0 Å². The number of carbonyl (C=O) groups excluding carboxylic acids is 2. The summed E-state index contributed by atoms with van der Waals surface area (Å²) in [6, 6.07) is 8.87. The zero-order valence-electron chi connectivity index (χ0n) is 20.9. The maximum atomic E-state index is 13.8. The van der Waals surface area contributed by atoms with Crippen LogP contribution in [0.5, 0.6) is 5.75 Å². The van der Waals surface area contributed by atoms with Gasteiger partial charge in [-0.1, -0.05) is 11.6 Å². The highest BCUT2D eigenvalue weighted by molar-refractivity contribution is 7.89. The first-order chi connectivity index (χ1) is 18.1. The van der Waals surface area contributed by atoms with Crippen LogP contribution in [0.4, 0.5) is 14.9 Å². The van der Waals surface area contributed by atoms with Gasteiger partial charge in [-0.05, 0) is 74.6 Å². The summed E-state index contributed by atoms with van der Waals surface area (Å²) in [6.45, 7) is 0.128. The van der Waals surface area contributed by atoms with E-state index in [9.17, 15) is 22.4 Å². The Labute approximate surface area is 226 Å². The van der Waals surface area contributed by atoms with Gasteiger partial charge in [0.15, 0.2) is 6.17 Å². The molecule has 10 nitrogen and oxygen atoms in total. The van der Waals surface area contributed by atoms with Crippen LogP contribution < -0.4 is 21.1 Å². The summed E-state index contributed by atoms with van der Waals surface area (Å²) in [6.07, 6.45) is 1.58. The lowest BCUT2D eigenvalue weighted by Gasteiger charge is -2.42. The average Bonchev–Trinajstić information content (AvgIpc) is 2.91. The number of hydrogen-bond donors (Lipinski definition) is 3. The molecule has 2 aromatic rings. The van der Waals surface area contributed by atoms with Crippen molar-refractivity contribution in [2.24, 2.45) is 5.73 Å². The van der Waals surface area contributed by atoms with Gasteiger partial charge in [0, 0.05) is 30.9 Å². The number of amides is 3. The number of anilines is 1. The van der Waals surface area contributed by atoms with Crippen LogP contribution >= 0.6 is 11.6 Å². The van der Waals surface area contributed by atoms with E-state index in [0.29, 0.717) is 24.3 Å². The molecule has 1 heterocycles. The number of ether oxygens (including phenoxy) is 1. The van der Waals surface area contributed by atoms with E-state index in [1.807, 2.05) is 0 Å². The Morgan fingerprint density at radius 1 is 1.08 bits per heavy atom. The van der Waals surface area contributed by atoms with Gasteiger partial charge in [-0.2, -0.15) is 4.31 Å². The van der Waals surface area contributed by atoms with E-state index in [4.69, 9.17) is 22.1 Å². The number of halogens is 2. The predicted molar refractivity (Wildman–Crippen MR) is 141 cm³/mol. The second-order valence-corrected chi connectivity index (χ2v) is 11.7. The third kappa shape index (κ3) is 6.20. The molecule has 1 aliphatic heterocycles. The maximum Gasteiger partial charge on any atom is 0.323 e. The highest BCUT2D eigenvalue weighted by Crippen LogP contribution is 2.28. The van der Waals surface area contributed by atoms with Crippen molar-refractivity contribution in [2.75, 3.05) is 25.5 Å². The van der Waals surface area contributed by atoms with Crippen molar-refractivity contribution in [2.45, 2.75) is 55.2 Å². The number of hydrogen-bond acceptors (Lipinski definition) is 6. The average molecular weight is 568 g/mol. The van der Waals surface area contributed by atoms with E-state index in [0.717, 1.165) is 35.3 Å². The molecule has 13 heteroatoms. The van der Waals surface area contributed by atoms with Crippen molar-refractivity contribution in [1.29, 1.82) is 0 Å². The lowest BCUT2D eigenvalue weighted by atomic mass is 9.92. The summed E-state index contributed by atoms with van der Waals surface area (Å²) < 4.78 is 47.2. The van der Waals surface area contributed by atoms with Crippen LogP contribution in [0.3, 0.4) is 0 Å². The van der Waals surface area contributed by atoms with Crippen molar-refractivity contribution in [3.8, 4) is 5.75 Å². The summed E-state index contributed by atoms with van der Waals surface area (Å²) in [7, 11) is -2.81. The molecule has 0 bridgehead atoms. The van der Waals surface area contributed by atoms with Gasteiger partial charge in [-0.3, -0.25) is 9.69 Å². The smallest absolute Gasteiger partial charge is 0.323 e. The number of rotatable bonds is 6. The molecule has 206 valence electrons. The highest BCUT2D eigenvalue weighted by Gasteiger charge is 2.45. The van der Waals surface area contributed by atoms with Crippen molar-refractivity contribution in [1.82, 2.24) is 14.5 Å². The van der Waals surface area contributed by atoms with Gasteiger partial charge in [0.1, 0.15) is 11.6 Å². The maximum absolute atomic E-state index is 13.8. The highest BCUT2D eigenvalue weighted by atomic mass is 35.5. The fourth-order valence-corrected chi connectivity index (χ4v) is 6.58. The molecule has 1 unspecified atom stereocenters. The molecule has 1 saturated heterocycles. The summed E-state index contributed by atoms with van der Waals surface area (Å²) in [4.78, 5) is 27.9. The molecule has 2 aliphatic rings. The van der Waals surface area contributed by atoms with Gasteiger partial charge in [0.2, 0.25) is 10.0 Å². The molecule has 0 spiro atoms. The minimum absolute atomic E-state index is 0.0166. The molecule has 1 aliphatic carbocycles. The van der Waals surface area contributed by atoms with Crippen molar-refractivity contribution >= 4 is 39.2 Å². The number of nitrogens with two attached hydrogens (primary N) is 1. The van der Waals surface area contributed by atoms with E-state index >= 15 is 0 Å². The molecule has 38 heavy (non-hydrogen) atoms. The van der Waals surface area contributed by atoms with Crippen LogP contribution in [0.1, 0.15) is 32.1 Å². The minimum atomic E-state index is -4.33. The third-order valence-electron chi connectivity index (χ3n) is 6.80. The molecule has 4 rings (SSSR count). The van der Waals surface area contributed by atoms with Gasteiger partial charge in [0.05, 0.1) is 17.0 Å². The Bertz CT molecular complexity index is 1270. The van der Waals surface area contributed by atoms with E-state index in [2.05, 4.69) is 10.6 Å². The molecule has 1 atom stereocenters. The number of nitrogens with one attached hydrogen (secondary N) is 2. The van der Waals surface area contributed by atoms with Crippen LogP contribution in [-0.4, -0.2) is 68.0 Å². The molecule has 2 aromatic carbocycles. The molecule has 4 N–H and O–H groups in total. The quantitative estimate of drug-likeness (QED) is 0.491. The van der Waals surface area contributed by atoms with Crippen LogP contribution in [0.2, 0.25) is 5.02 Å². The first-order valence-corrected chi connectivity index (χ1v) is 14.2. The normalized spacial score (nSPS) is 22.5. The molecular formula is C25H31ClFN5O5S. The number of urea groups is 1. The number of nitrogens with zero attached hydrogens (tertiary/aromatic N) is 2. The van der Waals surface area contributed by atoms with E-state index in [1.54, 1.807) is 24.3 Å². The minimum Gasteiger partial charge on any atom is -0.497 e. The van der Waals surface area contributed by atoms with Gasteiger partial charge < -0.3 is 21.1 Å². The fourth-order valence-electron chi connectivity index (χ4n) is 4.72. The fraction of sp³-hybridized carbons (Fsp3) is 0.440. The molecule has 0 radical (unpaired) electrons. The van der Waals surface area contributed by atoms with E-state index in [-0.39, 0.29) is 41.5 Å². The standard InChI is InChI=1S/C25H31ClFN5O5S/c1-37-19-9-7-18(8-10-19)30-25(34)31-13-2-14-32(38(35,36)20-11-12-22(27)21(26)15-20)24(31)23(33)29-17-5-3-16(28)4-6-17/h7-12,15-17,24H,2-6,13-14,28H2,1H3,(H,29,33)(H,30,34). The zero-order chi connectivity index (χ0) is 27.4. The number of benzene rings is 2.